The van der Waals surface area contributed by atoms with E-state index in [1.807, 2.05) is 13.1 Å². The van der Waals surface area contributed by atoms with E-state index in [4.69, 9.17) is 4.98 Å². The molecule has 0 radical (unpaired) electrons. The molecule has 130 valence electrons. The molecule has 0 aliphatic heterocycles. The van der Waals surface area contributed by atoms with Crippen molar-refractivity contribution in [1.29, 1.82) is 0 Å². The normalized spacial score (nSPS) is 15.3. The van der Waals surface area contributed by atoms with Crippen molar-refractivity contribution in [3.63, 3.8) is 0 Å². The van der Waals surface area contributed by atoms with Crippen LogP contribution in [-0.4, -0.2) is 17.0 Å². The Labute approximate surface area is 149 Å². The summed E-state index contributed by atoms with van der Waals surface area (Å²) in [4.78, 5) is 23.6. The first-order valence-corrected chi connectivity index (χ1v) is 9.51. The van der Waals surface area contributed by atoms with E-state index in [-0.39, 0.29) is 11.4 Å². The predicted octanol–water partition coefficient (Wildman–Crippen LogP) is 2.22. The largest absolute Gasteiger partial charge is 0.327 e. The molecule has 1 atom stereocenters. The molecule has 2 heterocycles. The second-order valence-electron chi connectivity index (χ2n) is 6.84. The summed E-state index contributed by atoms with van der Waals surface area (Å²) >= 11 is 1.67. The Morgan fingerprint density at radius 1 is 1.28 bits per heavy atom. The van der Waals surface area contributed by atoms with Gasteiger partial charge in [0, 0.05) is 10.4 Å². The Hall–Kier alpha value is -2.05. The summed E-state index contributed by atoms with van der Waals surface area (Å²) < 4.78 is 13.3. The van der Waals surface area contributed by atoms with Crippen molar-refractivity contribution in [3.05, 3.63) is 62.3 Å². The van der Waals surface area contributed by atoms with Gasteiger partial charge < -0.3 is 9.88 Å². The fourth-order valence-electron chi connectivity index (χ4n) is 3.64. The van der Waals surface area contributed by atoms with E-state index in [1.54, 1.807) is 23.5 Å². The van der Waals surface area contributed by atoms with Crippen molar-refractivity contribution in [2.24, 2.45) is 0 Å². The lowest BCUT2D eigenvalue weighted by molar-refractivity contribution is -0.908. The number of aryl methyl sites for hydroxylation is 2. The van der Waals surface area contributed by atoms with Crippen LogP contribution >= 0.6 is 11.3 Å². The lowest BCUT2D eigenvalue weighted by Gasteiger charge is -2.13. The molecule has 1 aromatic carbocycles. The molecule has 4 rings (SSSR count). The van der Waals surface area contributed by atoms with Gasteiger partial charge in [-0.25, -0.2) is 9.37 Å². The number of aromatic amines is 1. The Balaban J connectivity index is 1.58. The van der Waals surface area contributed by atoms with Crippen LogP contribution in [0, 0.1) is 5.82 Å². The van der Waals surface area contributed by atoms with Crippen LogP contribution in [0.4, 0.5) is 4.39 Å². The molecule has 0 fully saturated rings. The van der Waals surface area contributed by atoms with Crippen LogP contribution in [0.5, 0.6) is 0 Å². The summed E-state index contributed by atoms with van der Waals surface area (Å²) in [5.41, 5.74) is 2.14. The van der Waals surface area contributed by atoms with Crippen molar-refractivity contribution in [2.75, 3.05) is 7.05 Å². The zero-order valence-electron chi connectivity index (χ0n) is 14.2. The average molecular weight is 358 g/mol. The lowest BCUT2D eigenvalue weighted by Crippen LogP contribution is -3.06. The number of fused-ring (bicyclic) bond motifs is 3. The van der Waals surface area contributed by atoms with E-state index in [9.17, 15) is 9.18 Å². The monoisotopic (exact) mass is 358 g/mol. The highest BCUT2D eigenvalue weighted by Gasteiger charge is 2.20. The number of hydrogen-bond acceptors (Lipinski definition) is 3. The quantitative estimate of drug-likeness (QED) is 0.751. The summed E-state index contributed by atoms with van der Waals surface area (Å²) in [7, 11) is 2.02. The predicted molar refractivity (Wildman–Crippen MR) is 97.6 cm³/mol. The molecular formula is C19H21FN3OS+. The Morgan fingerprint density at radius 3 is 2.96 bits per heavy atom. The molecule has 4 nitrogen and oxygen atoms in total. The molecule has 6 heteroatoms. The van der Waals surface area contributed by atoms with Crippen LogP contribution in [-0.2, 0) is 25.9 Å². The van der Waals surface area contributed by atoms with E-state index in [2.05, 4.69) is 4.98 Å². The van der Waals surface area contributed by atoms with Crippen LogP contribution in [0.1, 0.15) is 34.7 Å². The minimum Gasteiger partial charge on any atom is -0.327 e. The SMILES string of the molecule is C[NH+](Cc1cccc(F)c1)Cc1nc2sc3c(c2c(=O)[nH]1)CCCC3. The average Bonchev–Trinajstić information content (AvgIpc) is 2.93. The number of aromatic nitrogens is 2. The molecule has 1 aliphatic rings. The number of quaternary nitrogens is 1. The van der Waals surface area contributed by atoms with Gasteiger partial charge in [0.25, 0.3) is 5.56 Å². The first-order valence-electron chi connectivity index (χ1n) is 8.69. The molecule has 2 N–H and O–H groups in total. The van der Waals surface area contributed by atoms with Gasteiger partial charge in [0.15, 0.2) is 5.82 Å². The van der Waals surface area contributed by atoms with E-state index in [0.717, 1.165) is 39.9 Å². The zero-order chi connectivity index (χ0) is 17.4. The van der Waals surface area contributed by atoms with Crippen LogP contribution in [0.2, 0.25) is 0 Å². The summed E-state index contributed by atoms with van der Waals surface area (Å²) in [6.07, 6.45) is 4.41. The molecule has 1 unspecified atom stereocenters. The fraction of sp³-hybridized carbons (Fsp3) is 0.368. The highest BCUT2D eigenvalue weighted by atomic mass is 32.1. The number of hydrogen-bond donors (Lipinski definition) is 2. The Morgan fingerprint density at radius 2 is 2.12 bits per heavy atom. The second-order valence-corrected chi connectivity index (χ2v) is 7.93. The van der Waals surface area contributed by atoms with Crippen molar-refractivity contribution in [3.8, 4) is 0 Å². The van der Waals surface area contributed by atoms with Gasteiger partial charge in [-0.1, -0.05) is 12.1 Å². The number of nitrogens with one attached hydrogen (secondary N) is 2. The van der Waals surface area contributed by atoms with E-state index >= 15 is 0 Å². The van der Waals surface area contributed by atoms with Crippen LogP contribution in [0.15, 0.2) is 29.1 Å². The number of nitrogens with zero attached hydrogens (tertiary/aromatic N) is 1. The van der Waals surface area contributed by atoms with Crippen molar-refractivity contribution < 1.29 is 9.29 Å². The maximum atomic E-state index is 13.3. The fourth-order valence-corrected chi connectivity index (χ4v) is 4.92. The highest BCUT2D eigenvalue weighted by Crippen LogP contribution is 2.33. The van der Waals surface area contributed by atoms with Crippen LogP contribution in [0.25, 0.3) is 10.2 Å². The van der Waals surface area contributed by atoms with Crippen LogP contribution < -0.4 is 10.5 Å². The molecule has 1 aliphatic carbocycles. The van der Waals surface area contributed by atoms with E-state index < -0.39 is 0 Å². The maximum Gasteiger partial charge on any atom is 0.260 e. The summed E-state index contributed by atoms with van der Waals surface area (Å²) in [6, 6.07) is 6.64. The minimum atomic E-state index is -0.220. The van der Waals surface area contributed by atoms with Gasteiger partial charge in [-0.05, 0) is 43.4 Å². The Bertz CT molecular complexity index is 978. The number of H-pyrrole nitrogens is 1. The molecule has 0 saturated carbocycles. The smallest absolute Gasteiger partial charge is 0.260 e. The third kappa shape index (κ3) is 3.37. The van der Waals surface area contributed by atoms with E-state index in [0.29, 0.717) is 18.9 Å². The standard InChI is InChI=1S/C19H20FN3OS/c1-23(10-12-5-4-6-13(20)9-12)11-16-21-18(24)17-14-7-2-3-8-15(14)25-19(17)22-16/h4-6,9H,2-3,7-8,10-11H2,1H3,(H,21,22,24)/p+1. The first-order chi connectivity index (χ1) is 12.1. The van der Waals surface area contributed by atoms with Crippen molar-refractivity contribution in [2.45, 2.75) is 38.8 Å². The van der Waals surface area contributed by atoms with Gasteiger partial charge in [0.05, 0.1) is 12.4 Å². The van der Waals surface area contributed by atoms with Gasteiger partial charge in [-0.15, -0.1) is 11.3 Å². The summed E-state index contributed by atoms with van der Waals surface area (Å²) in [5, 5.41) is 0.797. The molecule has 3 aromatic rings. The van der Waals surface area contributed by atoms with Gasteiger partial charge in [0.2, 0.25) is 0 Å². The minimum absolute atomic E-state index is 0.0158. The van der Waals surface area contributed by atoms with Crippen molar-refractivity contribution >= 4 is 21.6 Å². The maximum absolute atomic E-state index is 13.3. The Kier molecular flexibility index (Phi) is 4.39. The molecule has 0 saturated heterocycles. The highest BCUT2D eigenvalue weighted by molar-refractivity contribution is 7.18. The van der Waals surface area contributed by atoms with Crippen molar-refractivity contribution in [1.82, 2.24) is 9.97 Å². The molecular weight excluding hydrogens is 337 g/mol. The second kappa shape index (κ2) is 6.69. The topological polar surface area (TPSA) is 50.2 Å². The van der Waals surface area contributed by atoms with E-state index in [1.165, 1.54) is 22.9 Å². The molecule has 25 heavy (non-hydrogen) atoms. The number of halogens is 1. The summed E-state index contributed by atoms with van der Waals surface area (Å²) in [6.45, 7) is 1.28. The number of thiophene rings is 1. The van der Waals surface area contributed by atoms with Gasteiger partial charge in [-0.2, -0.15) is 0 Å². The van der Waals surface area contributed by atoms with Crippen LogP contribution in [0.3, 0.4) is 0 Å². The van der Waals surface area contributed by atoms with Gasteiger partial charge in [0.1, 0.15) is 23.7 Å². The number of rotatable bonds is 4. The third-order valence-electron chi connectivity index (χ3n) is 4.74. The third-order valence-corrected chi connectivity index (χ3v) is 5.92. The van der Waals surface area contributed by atoms with Gasteiger partial charge in [-0.3, -0.25) is 4.79 Å². The molecule has 0 spiro atoms. The lowest BCUT2D eigenvalue weighted by atomic mass is 9.97. The summed E-state index contributed by atoms with van der Waals surface area (Å²) in [5.74, 6) is 0.479. The molecule has 0 amide bonds. The molecule has 2 aromatic heterocycles. The molecule has 0 bridgehead atoms. The first kappa shape index (κ1) is 16.4. The van der Waals surface area contributed by atoms with Gasteiger partial charge >= 0.3 is 0 Å². The zero-order valence-corrected chi connectivity index (χ0v) is 15.0. The number of benzene rings is 1.